The van der Waals surface area contributed by atoms with Gasteiger partial charge in [0.25, 0.3) is 5.91 Å². The highest BCUT2D eigenvalue weighted by Crippen LogP contribution is 2.61. The van der Waals surface area contributed by atoms with Gasteiger partial charge in [-0.1, -0.05) is 6.92 Å². The number of primary amides is 1. The number of fused-ring (bicyclic) bond motifs is 5. The Bertz CT molecular complexity index is 701. The summed E-state index contributed by atoms with van der Waals surface area (Å²) in [6, 6.07) is 4.06. The molecule has 0 bridgehead atoms. The highest BCUT2D eigenvalue weighted by Gasteiger charge is 2.54. The summed E-state index contributed by atoms with van der Waals surface area (Å²) in [7, 11) is 0. The van der Waals surface area contributed by atoms with Crippen LogP contribution < -0.4 is 10.5 Å². The molecule has 136 valence electrons. The van der Waals surface area contributed by atoms with Crippen LogP contribution in [0.5, 0.6) is 5.75 Å². The lowest BCUT2D eigenvalue weighted by Gasteiger charge is -2.50. The molecule has 4 unspecified atom stereocenters. The fourth-order valence-corrected chi connectivity index (χ4v) is 6.04. The summed E-state index contributed by atoms with van der Waals surface area (Å²) in [6.45, 7) is 4.75. The molecule has 0 aliphatic heterocycles. The molecule has 4 heteroatoms. The van der Waals surface area contributed by atoms with Crippen molar-refractivity contribution in [3.63, 3.8) is 0 Å². The van der Waals surface area contributed by atoms with Crippen molar-refractivity contribution in [3.8, 4) is 5.75 Å². The number of carbonyl (C=O) groups excluding carboxylic acids is 1. The van der Waals surface area contributed by atoms with E-state index in [1.165, 1.54) is 11.1 Å². The first-order chi connectivity index (χ1) is 12.0. The lowest BCUT2D eigenvalue weighted by Crippen LogP contribution is -2.44. The Hall–Kier alpha value is -1.55. The third-order valence-electron chi connectivity index (χ3n) is 7.34. The summed E-state index contributed by atoms with van der Waals surface area (Å²) >= 11 is 0. The Labute approximate surface area is 149 Å². The second-order valence-corrected chi connectivity index (χ2v) is 8.40. The van der Waals surface area contributed by atoms with Gasteiger partial charge >= 0.3 is 0 Å². The van der Waals surface area contributed by atoms with Crippen LogP contribution in [-0.4, -0.2) is 23.7 Å². The van der Waals surface area contributed by atoms with Gasteiger partial charge in [-0.25, -0.2) is 0 Å². The monoisotopic (exact) mass is 343 g/mol. The van der Waals surface area contributed by atoms with Crippen LogP contribution in [0.1, 0.15) is 73.4 Å². The topological polar surface area (TPSA) is 72.5 Å². The molecule has 1 aromatic rings. The molecule has 1 amide bonds. The van der Waals surface area contributed by atoms with Gasteiger partial charge in [0.15, 0.2) is 0 Å². The van der Waals surface area contributed by atoms with E-state index < -0.39 is 5.91 Å². The molecule has 0 saturated heterocycles. The minimum atomic E-state index is -0.413. The molecule has 0 heterocycles. The summed E-state index contributed by atoms with van der Waals surface area (Å²) in [5.74, 6) is 1.99. The maximum Gasteiger partial charge on any atom is 0.252 e. The van der Waals surface area contributed by atoms with E-state index in [1.807, 2.05) is 13.0 Å². The van der Waals surface area contributed by atoms with Gasteiger partial charge in [0.2, 0.25) is 0 Å². The number of aliphatic hydroxyl groups excluding tert-OH is 1. The Morgan fingerprint density at radius 2 is 2.12 bits per heavy atom. The molecular weight excluding hydrogens is 314 g/mol. The summed E-state index contributed by atoms with van der Waals surface area (Å²) in [5.41, 5.74) is 8.79. The molecule has 4 rings (SSSR count). The third kappa shape index (κ3) is 2.49. The zero-order valence-corrected chi connectivity index (χ0v) is 15.3. The zero-order chi connectivity index (χ0) is 17.8. The minimum Gasteiger partial charge on any atom is -0.493 e. The highest BCUT2D eigenvalue weighted by molar-refractivity contribution is 5.96. The fourth-order valence-electron chi connectivity index (χ4n) is 6.04. The van der Waals surface area contributed by atoms with Crippen LogP contribution in [0.3, 0.4) is 0 Å². The van der Waals surface area contributed by atoms with E-state index in [0.717, 1.165) is 38.5 Å². The van der Waals surface area contributed by atoms with Gasteiger partial charge in [0.1, 0.15) is 5.75 Å². The summed E-state index contributed by atoms with van der Waals surface area (Å²) in [6.07, 6.45) is 6.29. The van der Waals surface area contributed by atoms with Gasteiger partial charge in [-0.3, -0.25) is 4.79 Å². The van der Waals surface area contributed by atoms with Crippen molar-refractivity contribution < 1.29 is 14.6 Å². The van der Waals surface area contributed by atoms with Gasteiger partial charge in [-0.2, -0.15) is 0 Å². The number of carbonyl (C=O) groups is 1. The average Bonchev–Trinajstić information content (AvgIpc) is 2.89. The molecule has 3 N–H and O–H groups in total. The normalized spacial score (nSPS) is 36.3. The van der Waals surface area contributed by atoms with E-state index >= 15 is 0 Å². The van der Waals surface area contributed by atoms with Crippen LogP contribution in [-0.2, 0) is 6.42 Å². The van der Waals surface area contributed by atoms with Crippen LogP contribution in [0, 0.1) is 17.3 Å². The molecule has 2 saturated carbocycles. The Morgan fingerprint density at radius 3 is 2.84 bits per heavy atom. The molecule has 0 radical (unpaired) electrons. The molecule has 2 fully saturated rings. The van der Waals surface area contributed by atoms with E-state index in [0.29, 0.717) is 35.7 Å². The molecule has 25 heavy (non-hydrogen) atoms. The van der Waals surface area contributed by atoms with Crippen LogP contribution >= 0.6 is 0 Å². The van der Waals surface area contributed by atoms with Gasteiger partial charge < -0.3 is 15.6 Å². The molecular formula is C21H29NO3. The first-order valence-electron chi connectivity index (χ1n) is 9.73. The first kappa shape index (κ1) is 16.9. The van der Waals surface area contributed by atoms with Crippen LogP contribution in [0.4, 0.5) is 0 Å². The number of hydrogen-bond donors (Lipinski definition) is 2. The quantitative estimate of drug-likeness (QED) is 0.883. The molecule has 0 aromatic heterocycles. The number of benzene rings is 1. The van der Waals surface area contributed by atoms with Crippen molar-refractivity contribution in [1.29, 1.82) is 0 Å². The highest BCUT2D eigenvalue weighted by atomic mass is 16.5. The largest absolute Gasteiger partial charge is 0.493 e. The number of rotatable bonds is 3. The van der Waals surface area contributed by atoms with E-state index in [9.17, 15) is 9.90 Å². The summed E-state index contributed by atoms with van der Waals surface area (Å²) in [4.78, 5) is 11.8. The van der Waals surface area contributed by atoms with Gasteiger partial charge in [0, 0.05) is 0 Å². The number of hydrogen-bond acceptors (Lipinski definition) is 3. The van der Waals surface area contributed by atoms with E-state index in [2.05, 4.69) is 13.0 Å². The predicted molar refractivity (Wildman–Crippen MR) is 96.8 cm³/mol. The van der Waals surface area contributed by atoms with E-state index in [4.69, 9.17) is 10.5 Å². The van der Waals surface area contributed by atoms with Crippen molar-refractivity contribution in [1.82, 2.24) is 0 Å². The Balaban J connectivity index is 1.73. The Morgan fingerprint density at radius 1 is 1.32 bits per heavy atom. The molecule has 0 spiro atoms. The first-order valence-corrected chi connectivity index (χ1v) is 9.73. The summed E-state index contributed by atoms with van der Waals surface area (Å²) < 4.78 is 5.73. The Kier molecular flexibility index (Phi) is 4.06. The molecule has 4 nitrogen and oxygen atoms in total. The lowest BCUT2D eigenvalue weighted by molar-refractivity contribution is -0.0226. The van der Waals surface area contributed by atoms with Crippen molar-refractivity contribution in [2.75, 3.05) is 6.61 Å². The number of aliphatic hydroxyl groups is 1. The number of nitrogens with two attached hydrogens (primary N) is 1. The van der Waals surface area contributed by atoms with Crippen molar-refractivity contribution in [3.05, 3.63) is 28.8 Å². The summed E-state index contributed by atoms with van der Waals surface area (Å²) in [5, 5.41) is 10.5. The third-order valence-corrected chi connectivity index (χ3v) is 7.34. The van der Waals surface area contributed by atoms with E-state index in [1.54, 1.807) is 0 Å². The van der Waals surface area contributed by atoms with Crippen LogP contribution in [0.25, 0.3) is 0 Å². The van der Waals surface area contributed by atoms with Crippen molar-refractivity contribution in [2.45, 2.75) is 64.4 Å². The minimum absolute atomic E-state index is 0.0918. The average molecular weight is 343 g/mol. The van der Waals surface area contributed by atoms with Crippen molar-refractivity contribution in [2.24, 2.45) is 23.0 Å². The van der Waals surface area contributed by atoms with Gasteiger partial charge in [0.05, 0.1) is 18.3 Å². The van der Waals surface area contributed by atoms with E-state index in [-0.39, 0.29) is 11.5 Å². The number of aryl methyl sites for hydroxylation is 1. The SMILES string of the molecule is CCOc1cc2c(cc1C(N)=O)CCC1C2CC[C@]2(C)C(O)CCC12. The maximum atomic E-state index is 11.8. The second kappa shape index (κ2) is 6.01. The lowest BCUT2D eigenvalue weighted by atomic mass is 9.55. The van der Waals surface area contributed by atoms with Crippen LogP contribution in [0.15, 0.2) is 12.1 Å². The van der Waals surface area contributed by atoms with Gasteiger partial charge in [-0.05, 0) is 91.9 Å². The predicted octanol–water partition coefficient (Wildman–Crippen LogP) is 3.40. The fraction of sp³-hybridized carbons (Fsp3) is 0.667. The number of ether oxygens (including phenoxy) is 1. The molecule has 5 atom stereocenters. The van der Waals surface area contributed by atoms with Gasteiger partial charge in [-0.15, -0.1) is 0 Å². The number of amides is 1. The maximum absolute atomic E-state index is 11.8. The van der Waals surface area contributed by atoms with Crippen LogP contribution in [0.2, 0.25) is 0 Å². The molecule has 3 aliphatic rings. The smallest absolute Gasteiger partial charge is 0.252 e. The molecule has 3 aliphatic carbocycles. The van der Waals surface area contributed by atoms with Crippen molar-refractivity contribution >= 4 is 5.91 Å². The molecule has 1 aromatic carbocycles. The second-order valence-electron chi connectivity index (χ2n) is 8.40. The zero-order valence-electron chi connectivity index (χ0n) is 15.3. The standard InChI is InChI=1S/C21H29NO3/c1-3-25-18-11-15-12(10-16(18)20(22)24)4-5-14-13(15)8-9-21(2)17(14)6-7-19(21)23/h10-11,13-14,17,19,23H,3-9H2,1-2H3,(H2,22,24)/t13?,14?,17?,19?,21-/m0/s1.